The summed E-state index contributed by atoms with van der Waals surface area (Å²) in [6, 6.07) is 14.0. The number of benzene rings is 2. The molecule has 0 saturated carbocycles. The molecule has 1 amide bonds. The molecule has 0 unspecified atom stereocenters. The van der Waals surface area contributed by atoms with Crippen LogP contribution in [0.2, 0.25) is 0 Å². The summed E-state index contributed by atoms with van der Waals surface area (Å²) in [5.74, 6) is 0.832. The average Bonchev–Trinajstić information content (AvgIpc) is 3.44. The van der Waals surface area contributed by atoms with Crippen molar-refractivity contribution in [2.75, 3.05) is 18.2 Å². The summed E-state index contributed by atoms with van der Waals surface area (Å²) in [4.78, 5) is 12.5. The van der Waals surface area contributed by atoms with Crippen molar-refractivity contribution in [3.05, 3.63) is 71.7 Å². The van der Waals surface area contributed by atoms with Crippen LogP contribution in [0.15, 0.2) is 59.9 Å². The van der Waals surface area contributed by atoms with E-state index in [9.17, 15) is 9.18 Å². The van der Waals surface area contributed by atoms with E-state index in [1.54, 1.807) is 43.1 Å². The second-order valence-corrected chi connectivity index (χ2v) is 7.76. The van der Waals surface area contributed by atoms with Gasteiger partial charge in [-0.1, -0.05) is 30.0 Å². The van der Waals surface area contributed by atoms with Gasteiger partial charge in [0, 0.05) is 11.6 Å². The van der Waals surface area contributed by atoms with Crippen LogP contribution in [0.5, 0.6) is 5.75 Å². The van der Waals surface area contributed by atoms with E-state index in [2.05, 4.69) is 25.9 Å². The van der Waals surface area contributed by atoms with Crippen molar-refractivity contribution in [1.29, 1.82) is 0 Å². The summed E-state index contributed by atoms with van der Waals surface area (Å²) in [7, 11) is 1.62. The monoisotopic (exact) mass is 453 g/mol. The molecule has 0 atom stereocenters. The molecule has 32 heavy (non-hydrogen) atoms. The van der Waals surface area contributed by atoms with Crippen molar-refractivity contribution in [2.45, 2.75) is 18.6 Å². The van der Waals surface area contributed by atoms with Gasteiger partial charge in [0.05, 0.1) is 31.3 Å². The minimum absolute atomic E-state index is 0.0719. The van der Waals surface area contributed by atoms with Crippen molar-refractivity contribution in [3.63, 3.8) is 0 Å². The average molecular weight is 454 g/mol. The molecule has 0 spiro atoms. The molecular weight excluding hydrogens is 433 g/mol. The Balaban J connectivity index is 1.39. The second-order valence-electron chi connectivity index (χ2n) is 6.82. The fourth-order valence-electron chi connectivity index (χ4n) is 3.02. The molecule has 11 heteroatoms. The highest BCUT2D eigenvalue weighted by Crippen LogP contribution is 2.22. The van der Waals surface area contributed by atoms with E-state index >= 15 is 0 Å². The molecule has 4 aromatic rings. The fraction of sp³-hybridized carbons (Fsp3) is 0.190. The van der Waals surface area contributed by atoms with Gasteiger partial charge in [0.1, 0.15) is 17.4 Å². The molecule has 2 aromatic heterocycles. The van der Waals surface area contributed by atoms with Gasteiger partial charge in [0.2, 0.25) is 11.1 Å². The summed E-state index contributed by atoms with van der Waals surface area (Å²) in [6.45, 7) is 2.15. The zero-order valence-corrected chi connectivity index (χ0v) is 18.2. The van der Waals surface area contributed by atoms with Crippen LogP contribution in [0.3, 0.4) is 0 Å². The number of aromatic nitrogens is 6. The van der Waals surface area contributed by atoms with Crippen LogP contribution in [-0.2, 0) is 11.3 Å². The highest BCUT2D eigenvalue weighted by atomic mass is 32.2. The second kappa shape index (κ2) is 9.60. The minimum atomic E-state index is -0.350. The van der Waals surface area contributed by atoms with Crippen molar-refractivity contribution in [1.82, 2.24) is 30.0 Å². The molecule has 9 nitrogen and oxygen atoms in total. The van der Waals surface area contributed by atoms with E-state index in [1.165, 1.54) is 10.7 Å². The molecular formula is C21H20FN7O2S. The minimum Gasteiger partial charge on any atom is -0.497 e. The van der Waals surface area contributed by atoms with Crippen molar-refractivity contribution >= 4 is 23.5 Å². The number of methoxy groups -OCH3 is 1. The van der Waals surface area contributed by atoms with Gasteiger partial charge in [-0.3, -0.25) is 4.79 Å². The number of hydrogen-bond acceptors (Lipinski definition) is 7. The Hall–Kier alpha value is -3.73. The van der Waals surface area contributed by atoms with Crippen LogP contribution in [0, 0.1) is 12.7 Å². The highest BCUT2D eigenvalue weighted by Gasteiger charge is 2.15. The molecule has 2 heterocycles. The highest BCUT2D eigenvalue weighted by molar-refractivity contribution is 7.99. The third kappa shape index (κ3) is 4.78. The maximum atomic E-state index is 13.9. The van der Waals surface area contributed by atoms with Gasteiger partial charge in [0.15, 0.2) is 0 Å². The lowest BCUT2D eigenvalue weighted by atomic mass is 10.2. The standard InChI is InChI=1S/C21H20FN7O2S/c1-14-17(22)4-3-5-18(14)29-21(25-26-27-29)32-13-20(30)24-19-10-11-23-28(19)12-15-6-8-16(31-2)9-7-15/h3-11H,12-13H2,1-2H3,(H,24,30). The Bertz CT molecular complexity index is 1220. The first-order chi connectivity index (χ1) is 15.5. The topological polar surface area (TPSA) is 99.8 Å². The lowest BCUT2D eigenvalue weighted by Gasteiger charge is -2.10. The number of nitrogens with one attached hydrogen (secondary N) is 1. The quantitative estimate of drug-likeness (QED) is 0.409. The molecule has 0 fully saturated rings. The van der Waals surface area contributed by atoms with E-state index in [0.29, 0.717) is 28.8 Å². The number of amides is 1. The van der Waals surface area contributed by atoms with E-state index in [4.69, 9.17) is 4.74 Å². The molecule has 4 rings (SSSR count). The van der Waals surface area contributed by atoms with Gasteiger partial charge >= 0.3 is 0 Å². The Morgan fingerprint density at radius 3 is 2.78 bits per heavy atom. The Labute approximate surface area is 187 Å². The molecule has 0 bridgehead atoms. The molecule has 0 aliphatic carbocycles. The number of tetrazole rings is 1. The Morgan fingerprint density at radius 1 is 1.19 bits per heavy atom. The summed E-state index contributed by atoms with van der Waals surface area (Å²) in [5, 5.41) is 19.1. The van der Waals surface area contributed by atoms with Crippen molar-refractivity contribution in [3.8, 4) is 11.4 Å². The fourth-order valence-corrected chi connectivity index (χ4v) is 3.71. The number of halogens is 1. The lowest BCUT2D eigenvalue weighted by Crippen LogP contribution is -2.18. The first kappa shape index (κ1) is 21.5. The first-order valence-electron chi connectivity index (χ1n) is 9.66. The van der Waals surface area contributed by atoms with Gasteiger partial charge in [-0.05, 0) is 47.2 Å². The van der Waals surface area contributed by atoms with E-state index in [1.807, 2.05) is 24.3 Å². The number of thioether (sulfide) groups is 1. The third-order valence-electron chi connectivity index (χ3n) is 4.72. The predicted molar refractivity (Wildman–Crippen MR) is 118 cm³/mol. The van der Waals surface area contributed by atoms with Crippen LogP contribution in [0.4, 0.5) is 10.2 Å². The third-order valence-corrected chi connectivity index (χ3v) is 5.64. The SMILES string of the molecule is COc1ccc(Cn2nccc2NC(=O)CSc2nnnn2-c2cccc(F)c2C)cc1. The summed E-state index contributed by atoms with van der Waals surface area (Å²) in [6.07, 6.45) is 1.62. The van der Waals surface area contributed by atoms with Crippen LogP contribution < -0.4 is 10.1 Å². The first-order valence-corrected chi connectivity index (χ1v) is 10.6. The number of carbonyl (C=O) groups excluding carboxylic acids is 1. The van der Waals surface area contributed by atoms with Gasteiger partial charge in [-0.2, -0.15) is 9.78 Å². The normalized spacial score (nSPS) is 10.8. The summed E-state index contributed by atoms with van der Waals surface area (Å²) >= 11 is 1.16. The molecule has 1 N–H and O–H groups in total. The largest absolute Gasteiger partial charge is 0.497 e. The maximum Gasteiger partial charge on any atom is 0.235 e. The van der Waals surface area contributed by atoms with E-state index < -0.39 is 0 Å². The van der Waals surface area contributed by atoms with Crippen LogP contribution in [0.25, 0.3) is 5.69 Å². The van der Waals surface area contributed by atoms with Crippen LogP contribution >= 0.6 is 11.8 Å². The number of anilines is 1. The predicted octanol–water partition coefficient (Wildman–Crippen LogP) is 3.09. The molecule has 164 valence electrons. The van der Waals surface area contributed by atoms with Gasteiger partial charge in [0.25, 0.3) is 0 Å². The maximum absolute atomic E-state index is 13.9. The summed E-state index contributed by atoms with van der Waals surface area (Å²) < 4.78 is 22.2. The molecule has 0 aliphatic rings. The number of rotatable bonds is 8. The van der Waals surface area contributed by atoms with Crippen molar-refractivity contribution < 1.29 is 13.9 Å². The Kier molecular flexibility index (Phi) is 6.45. The number of ether oxygens (including phenoxy) is 1. The van der Waals surface area contributed by atoms with Crippen molar-refractivity contribution in [2.24, 2.45) is 0 Å². The molecule has 0 saturated heterocycles. The number of carbonyl (C=O) groups is 1. The molecule has 2 aromatic carbocycles. The zero-order valence-electron chi connectivity index (χ0n) is 17.4. The smallest absolute Gasteiger partial charge is 0.235 e. The van der Waals surface area contributed by atoms with Crippen LogP contribution in [0.1, 0.15) is 11.1 Å². The Morgan fingerprint density at radius 2 is 2.00 bits per heavy atom. The van der Waals surface area contributed by atoms with E-state index in [-0.39, 0.29) is 17.5 Å². The van der Waals surface area contributed by atoms with Gasteiger partial charge in [-0.25, -0.2) is 9.07 Å². The lowest BCUT2D eigenvalue weighted by molar-refractivity contribution is -0.113. The number of hydrogen-bond donors (Lipinski definition) is 1. The van der Waals surface area contributed by atoms with E-state index in [0.717, 1.165) is 23.1 Å². The van der Waals surface area contributed by atoms with Gasteiger partial charge in [-0.15, -0.1) is 5.10 Å². The molecule has 0 aliphatic heterocycles. The summed E-state index contributed by atoms with van der Waals surface area (Å²) in [5.41, 5.74) is 1.97. The number of nitrogens with zero attached hydrogens (tertiary/aromatic N) is 6. The van der Waals surface area contributed by atoms with Gasteiger partial charge < -0.3 is 10.1 Å². The molecule has 0 radical (unpaired) electrons. The van der Waals surface area contributed by atoms with Crippen LogP contribution in [-0.4, -0.2) is 48.8 Å². The zero-order chi connectivity index (χ0) is 22.5.